The van der Waals surface area contributed by atoms with Gasteiger partial charge in [-0.25, -0.2) is 9.69 Å². The Balaban J connectivity index is 1.84. The van der Waals surface area contributed by atoms with E-state index in [0.29, 0.717) is 34.1 Å². The molecular weight excluding hydrogens is 336 g/mol. The molecule has 23 heavy (non-hydrogen) atoms. The molecule has 1 amide bonds. The number of ether oxygens (including phenoxy) is 1. The number of benzene rings is 1. The summed E-state index contributed by atoms with van der Waals surface area (Å²) in [7, 11) is 0. The first-order valence-electron chi connectivity index (χ1n) is 6.95. The molecule has 0 saturated carbocycles. The molecule has 6 nitrogen and oxygen atoms in total. The van der Waals surface area contributed by atoms with Gasteiger partial charge < -0.3 is 4.74 Å². The summed E-state index contributed by atoms with van der Waals surface area (Å²) in [6.45, 7) is 6.33. The summed E-state index contributed by atoms with van der Waals surface area (Å²) >= 11 is 7.44. The smallest absolute Gasteiger partial charge is 0.252 e. The van der Waals surface area contributed by atoms with E-state index in [-0.39, 0.29) is 12.5 Å². The number of halogens is 1. The normalized spacial score (nSPS) is 13.8. The first-order valence-corrected chi connectivity index (χ1v) is 8.32. The Morgan fingerprint density at radius 2 is 2.22 bits per heavy atom. The fourth-order valence-electron chi connectivity index (χ4n) is 2.15. The molecule has 0 unspecified atom stereocenters. The number of hydrogen-bond acceptors (Lipinski definition) is 5. The first-order chi connectivity index (χ1) is 11.1. The van der Waals surface area contributed by atoms with E-state index in [9.17, 15) is 4.79 Å². The highest BCUT2D eigenvalue weighted by Gasteiger charge is 2.29. The number of rotatable bonds is 5. The number of hydrogen-bond donors (Lipinski definition) is 0. The van der Waals surface area contributed by atoms with Crippen LogP contribution in [0.25, 0.3) is 0 Å². The quantitative estimate of drug-likeness (QED) is 0.776. The van der Waals surface area contributed by atoms with Gasteiger partial charge in [-0.2, -0.15) is 0 Å². The Labute approximate surface area is 143 Å². The van der Waals surface area contributed by atoms with Gasteiger partial charge in [-0.1, -0.05) is 47.6 Å². The Bertz CT molecular complexity index is 762. The van der Waals surface area contributed by atoms with Crippen molar-refractivity contribution in [1.82, 2.24) is 14.9 Å². The lowest BCUT2D eigenvalue weighted by atomic mass is 10.3. The molecule has 1 aromatic heterocycles. The van der Waals surface area contributed by atoms with Crippen molar-refractivity contribution in [2.75, 3.05) is 17.3 Å². The van der Waals surface area contributed by atoms with Gasteiger partial charge in [0.2, 0.25) is 5.16 Å². The second kappa shape index (κ2) is 6.64. The Hall–Kier alpha value is -1.99. The van der Waals surface area contributed by atoms with E-state index in [0.717, 1.165) is 5.57 Å². The second-order valence-corrected chi connectivity index (χ2v) is 6.48. The molecule has 1 aromatic carbocycles. The van der Waals surface area contributed by atoms with Crippen LogP contribution in [0.4, 0.5) is 0 Å². The number of amides is 1. The summed E-state index contributed by atoms with van der Waals surface area (Å²) in [6.07, 6.45) is 0. The molecule has 1 aliphatic rings. The largest absolute Gasteiger partial charge is 0.484 e. The molecule has 0 N–H and O–H groups in total. The maximum atomic E-state index is 12.2. The molecule has 0 aliphatic carbocycles. The van der Waals surface area contributed by atoms with Crippen molar-refractivity contribution in [3.63, 3.8) is 0 Å². The number of carbonyl (C=O) groups excluding carboxylic acids is 1. The van der Waals surface area contributed by atoms with E-state index in [2.05, 4.69) is 16.8 Å². The van der Waals surface area contributed by atoms with Crippen molar-refractivity contribution in [1.29, 1.82) is 0 Å². The van der Waals surface area contributed by atoms with Gasteiger partial charge in [-0.15, -0.1) is 10.2 Å². The maximum absolute atomic E-state index is 12.2. The number of para-hydroxylation sites is 1. The summed E-state index contributed by atoms with van der Waals surface area (Å²) in [5.74, 6) is 1.44. The molecular formula is C15H15ClN4O2S. The van der Waals surface area contributed by atoms with Crippen LogP contribution in [0.2, 0.25) is 5.02 Å². The Morgan fingerprint density at radius 1 is 1.43 bits per heavy atom. The van der Waals surface area contributed by atoms with Crippen LogP contribution in [-0.2, 0) is 11.4 Å². The molecule has 0 fully saturated rings. The molecule has 2 heterocycles. The fourth-order valence-corrected chi connectivity index (χ4v) is 3.17. The number of aromatic nitrogens is 3. The van der Waals surface area contributed by atoms with E-state index in [1.165, 1.54) is 11.8 Å². The number of carbonyl (C=O) groups is 1. The zero-order valence-electron chi connectivity index (χ0n) is 12.5. The van der Waals surface area contributed by atoms with Gasteiger partial charge >= 0.3 is 0 Å². The second-order valence-electron chi connectivity index (χ2n) is 5.13. The van der Waals surface area contributed by atoms with Crippen molar-refractivity contribution in [2.24, 2.45) is 0 Å². The van der Waals surface area contributed by atoms with E-state index >= 15 is 0 Å². The van der Waals surface area contributed by atoms with Gasteiger partial charge in [0.25, 0.3) is 5.91 Å². The number of thioether (sulfide) groups is 1. The molecule has 0 bridgehead atoms. The maximum Gasteiger partial charge on any atom is 0.252 e. The van der Waals surface area contributed by atoms with Crippen molar-refractivity contribution in [3.8, 4) is 5.75 Å². The summed E-state index contributed by atoms with van der Waals surface area (Å²) in [5.41, 5.74) is 0.878. The zero-order chi connectivity index (χ0) is 16.4. The average molecular weight is 351 g/mol. The fraction of sp³-hybridized carbons (Fsp3) is 0.267. The van der Waals surface area contributed by atoms with Gasteiger partial charge in [0, 0.05) is 0 Å². The molecule has 120 valence electrons. The van der Waals surface area contributed by atoms with Crippen LogP contribution in [-0.4, -0.2) is 33.1 Å². The van der Waals surface area contributed by atoms with E-state index in [1.54, 1.807) is 21.8 Å². The highest BCUT2D eigenvalue weighted by Crippen LogP contribution is 2.26. The van der Waals surface area contributed by atoms with Gasteiger partial charge in [0.1, 0.15) is 12.4 Å². The van der Waals surface area contributed by atoms with Gasteiger partial charge in [-0.05, 0) is 19.1 Å². The van der Waals surface area contributed by atoms with E-state index in [4.69, 9.17) is 16.3 Å². The van der Waals surface area contributed by atoms with Gasteiger partial charge in [0.15, 0.2) is 5.82 Å². The van der Waals surface area contributed by atoms with Crippen LogP contribution < -0.4 is 9.75 Å². The first kappa shape index (κ1) is 15.9. The molecule has 1 aliphatic heterocycles. The van der Waals surface area contributed by atoms with E-state index < -0.39 is 0 Å². The minimum Gasteiger partial charge on any atom is -0.484 e. The highest BCUT2D eigenvalue weighted by atomic mass is 35.5. The Morgan fingerprint density at radius 3 is 2.96 bits per heavy atom. The van der Waals surface area contributed by atoms with Crippen LogP contribution in [0.1, 0.15) is 12.7 Å². The van der Waals surface area contributed by atoms with Crippen LogP contribution in [0.3, 0.4) is 0 Å². The standard InChI is InChI=1S/C15H15ClN4O2S/c1-10(2)7-19-14(21)9-23-15-18-17-13(20(15)19)8-22-12-6-4-3-5-11(12)16/h3-6H,1,7-9H2,2H3. The molecule has 0 spiro atoms. The highest BCUT2D eigenvalue weighted by molar-refractivity contribution is 7.99. The lowest BCUT2D eigenvalue weighted by Gasteiger charge is -2.29. The topological polar surface area (TPSA) is 60.3 Å². The monoisotopic (exact) mass is 350 g/mol. The summed E-state index contributed by atoms with van der Waals surface area (Å²) in [6, 6.07) is 7.20. The predicted octanol–water partition coefficient (Wildman–Crippen LogP) is 2.66. The minimum absolute atomic E-state index is 0.00991. The molecule has 0 atom stereocenters. The lowest BCUT2D eigenvalue weighted by Crippen LogP contribution is -2.46. The third-order valence-corrected chi connectivity index (χ3v) is 4.36. The van der Waals surface area contributed by atoms with Crippen LogP contribution in [0.15, 0.2) is 41.6 Å². The Kier molecular flexibility index (Phi) is 4.58. The summed E-state index contributed by atoms with van der Waals surface area (Å²) < 4.78 is 7.41. The SMILES string of the molecule is C=C(C)CN1C(=O)CSc2nnc(COc3ccccc3Cl)n21. The number of fused-ring (bicyclic) bond motifs is 1. The average Bonchev–Trinajstić information content (AvgIpc) is 2.92. The molecule has 8 heteroatoms. The van der Waals surface area contributed by atoms with Gasteiger partial charge in [-0.3, -0.25) is 4.79 Å². The zero-order valence-corrected chi connectivity index (χ0v) is 14.1. The van der Waals surface area contributed by atoms with Crippen LogP contribution in [0, 0.1) is 0 Å². The predicted molar refractivity (Wildman–Crippen MR) is 89.4 cm³/mol. The third kappa shape index (κ3) is 3.35. The van der Waals surface area contributed by atoms with Crippen molar-refractivity contribution >= 4 is 29.3 Å². The minimum atomic E-state index is -0.00991. The van der Waals surface area contributed by atoms with Crippen LogP contribution >= 0.6 is 23.4 Å². The molecule has 0 radical (unpaired) electrons. The lowest BCUT2D eigenvalue weighted by molar-refractivity contribution is -0.118. The third-order valence-electron chi connectivity index (χ3n) is 3.14. The molecule has 0 saturated heterocycles. The molecule has 3 rings (SSSR count). The van der Waals surface area contributed by atoms with E-state index in [1.807, 2.05) is 19.1 Å². The number of nitrogens with zero attached hydrogens (tertiary/aromatic N) is 4. The van der Waals surface area contributed by atoms with Crippen molar-refractivity contribution < 1.29 is 9.53 Å². The molecule has 2 aromatic rings. The van der Waals surface area contributed by atoms with Crippen molar-refractivity contribution in [3.05, 3.63) is 47.3 Å². The van der Waals surface area contributed by atoms with Gasteiger partial charge in [0.05, 0.1) is 17.3 Å². The van der Waals surface area contributed by atoms with Crippen molar-refractivity contribution in [2.45, 2.75) is 18.7 Å². The summed E-state index contributed by atoms with van der Waals surface area (Å²) in [5, 5.41) is 11.0. The summed E-state index contributed by atoms with van der Waals surface area (Å²) in [4.78, 5) is 12.2. The van der Waals surface area contributed by atoms with Crippen LogP contribution in [0.5, 0.6) is 5.75 Å².